The Morgan fingerprint density at radius 3 is 2.30 bits per heavy atom. The molecule has 1 N–H and O–H groups in total. The minimum absolute atomic E-state index is 0.105. The Hall–Kier alpha value is -3.19. The summed E-state index contributed by atoms with van der Waals surface area (Å²) in [5, 5.41) is 2.63. The third kappa shape index (κ3) is 4.32. The summed E-state index contributed by atoms with van der Waals surface area (Å²) in [6.45, 7) is 2.46. The number of sulfone groups is 1. The second kappa shape index (κ2) is 8.01. The summed E-state index contributed by atoms with van der Waals surface area (Å²) >= 11 is 0. The van der Waals surface area contributed by atoms with Crippen LogP contribution in [0.1, 0.15) is 17.3 Å². The second-order valence-corrected chi connectivity index (χ2v) is 7.51. The summed E-state index contributed by atoms with van der Waals surface area (Å²) in [6.07, 6.45) is 1.25. The van der Waals surface area contributed by atoms with Crippen molar-refractivity contribution in [2.75, 3.05) is 11.9 Å². The van der Waals surface area contributed by atoms with E-state index in [1.54, 1.807) is 42.5 Å². The van der Waals surface area contributed by atoms with E-state index in [9.17, 15) is 13.2 Å². The third-order valence-electron chi connectivity index (χ3n) is 3.75. The van der Waals surface area contributed by atoms with Gasteiger partial charge in [0.05, 0.1) is 17.1 Å². The van der Waals surface area contributed by atoms with Gasteiger partial charge >= 0.3 is 0 Å². The van der Waals surface area contributed by atoms with E-state index in [1.807, 2.05) is 6.92 Å². The van der Waals surface area contributed by atoms with Crippen LogP contribution in [0, 0.1) is 0 Å². The largest absolute Gasteiger partial charge is 0.494 e. The second-order valence-electron chi connectivity index (χ2n) is 5.61. The summed E-state index contributed by atoms with van der Waals surface area (Å²) < 4.78 is 30.4. The normalized spacial score (nSPS) is 11.0. The lowest BCUT2D eigenvalue weighted by atomic mass is 10.2. The number of anilines is 1. The molecule has 0 saturated carbocycles. The van der Waals surface area contributed by atoms with Crippen molar-refractivity contribution in [2.45, 2.75) is 16.8 Å². The maximum absolute atomic E-state index is 12.5. The van der Waals surface area contributed by atoms with Crippen molar-refractivity contribution >= 4 is 21.4 Å². The van der Waals surface area contributed by atoms with Gasteiger partial charge in [-0.05, 0) is 55.5 Å². The van der Waals surface area contributed by atoms with Gasteiger partial charge in [0.15, 0.2) is 5.03 Å². The van der Waals surface area contributed by atoms with Crippen LogP contribution in [-0.4, -0.2) is 25.9 Å². The van der Waals surface area contributed by atoms with E-state index in [4.69, 9.17) is 4.74 Å². The zero-order valence-electron chi connectivity index (χ0n) is 14.6. The zero-order valence-corrected chi connectivity index (χ0v) is 15.4. The lowest BCUT2D eigenvalue weighted by Crippen LogP contribution is -2.13. The molecule has 7 heteroatoms. The zero-order chi connectivity index (χ0) is 19.3. The molecule has 6 nitrogen and oxygen atoms in total. The average molecular weight is 382 g/mol. The minimum atomic E-state index is -3.71. The Bertz CT molecular complexity index is 1020. The van der Waals surface area contributed by atoms with E-state index in [2.05, 4.69) is 10.3 Å². The number of pyridine rings is 1. The number of benzene rings is 2. The maximum atomic E-state index is 12.5. The van der Waals surface area contributed by atoms with Crippen LogP contribution in [0.4, 0.5) is 5.69 Å². The lowest BCUT2D eigenvalue weighted by molar-refractivity contribution is 0.102. The molecule has 27 heavy (non-hydrogen) atoms. The fourth-order valence-electron chi connectivity index (χ4n) is 2.40. The summed E-state index contributed by atoms with van der Waals surface area (Å²) in [7, 11) is -3.71. The SMILES string of the molecule is CCOc1ccc(NC(=O)c2ccc(S(=O)(=O)c3ccccc3)nc2)cc1. The molecular formula is C20H18N2O4S. The summed E-state index contributed by atoms with van der Waals surface area (Å²) in [6, 6.07) is 17.8. The highest BCUT2D eigenvalue weighted by Gasteiger charge is 2.19. The highest BCUT2D eigenvalue weighted by atomic mass is 32.2. The van der Waals surface area contributed by atoms with E-state index < -0.39 is 9.84 Å². The third-order valence-corrected chi connectivity index (χ3v) is 5.44. The van der Waals surface area contributed by atoms with Gasteiger partial charge < -0.3 is 10.1 Å². The van der Waals surface area contributed by atoms with Crippen molar-refractivity contribution in [1.82, 2.24) is 4.98 Å². The van der Waals surface area contributed by atoms with Crippen LogP contribution in [0.15, 0.2) is 82.8 Å². The first kappa shape index (κ1) is 18.6. The number of amides is 1. The Morgan fingerprint density at radius 1 is 1.00 bits per heavy atom. The molecule has 0 radical (unpaired) electrons. The minimum Gasteiger partial charge on any atom is -0.494 e. The van der Waals surface area contributed by atoms with E-state index >= 15 is 0 Å². The Kier molecular flexibility index (Phi) is 5.52. The first-order chi connectivity index (χ1) is 13.0. The molecule has 3 aromatic rings. The van der Waals surface area contributed by atoms with Crippen molar-refractivity contribution in [3.8, 4) is 5.75 Å². The molecule has 138 valence electrons. The predicted molar refractivity (Wildman–Crippen MR) is 102 cm³/mol. The smallest absolute Gasteiger partial charge is 0.257 e. The molecule has 2 aromatic carbocycles. The summed E-state index contributed by atoms with van der Waals surface area (Å²) in [5.41, 5.74) is 0.861. The van der Waals surface area contributed by atoms with Crippen LogP contribution in [0.5, 0.6) is 5.75 Å². The van der Waals surface area contributed by atoms with Crippen LogP contribution in [0.2, 0.25) is 0 Å². The van der Waals surface area contributed by atoms with Crippen molar-refractivity contribution in [3.63, 3.8) is 0 Å². The number of nitrogens with zero attached hydrogens (tertiary/aromatic N) is 1. The topological polar surface area (TPSA) is 85.4 Å². The van der Waals surface area contributed by atoms with E-state index in [-0.39, 0.29) is 21.4 Å². The molecule has 0 aliphatic rings. The quantitative estimate of drug-likeness (QED) is 0.704. The van der Waals surface area contributed by atoms with Gasteiger partial charge in [0.25, 0.3) is 5.91 Å². The summed E-state index contributed by atoms with van der Waals surface area (Å²) in [4.78, 5) is 16.4. The van der Waals surface area contributed by atoms with Gasteiger partial charge in [0.1, 0.15) is 5.75 Å². The molecule has 3 rings (SSSR count). The van der Waals surface area contributed by atoms with Crippen LogP contribution in [-0.2, 0) is 9.84 Å². The standard InChI is InChI=1S/C20H18N2O4S/c1-2-26-17-11-9-16(10-12-17)22-20(23)15-8-13-19(21-14-15)27(24,25)18-6-4-3-5-7-18/h3-14H,2H2,1H3,(H,22,23). The van der Waals surface area contributed by atoms with Crippen molar-refractivity contribution < 1.29 is 17.9 Å². The molecule has 0 bridgehead atoms. The van der Waals surface area contributed by atoms with Gasteiger partial charge in [0.2, 0.25) is 9.84 Å². The Morgan fingerprint density at radius 2 is 1.70 bits per heavy atom. The molecule has 0 aliphatic carbocycles. The molecular weight excluding hydrogens is 364 g/mol. The van der Waals surface area contributed by atoms with Gasteiger partial charge in [-0.2, -0.15) is 0 Å². The van der Waals surface area contributed by atoms with Crippen molar-refractivity contribution in [1.29, 1.82) is 0 Å². The molecule has 1 heterocycles. The molecule has 0 fully saturated rings. The first-order valence-corrected chi connectivity index (χ1v) is 9.79. The van der Waals surface area contributed by atoms with Crippen molar-refractivity contribution in [3.05, 3.63) is 78.5 Å². The number of hydrogen-bond donors (Lipinski definition) is 1. The molecule has 0 spiro atoms. The average Bonchev–Trinajstić information content (AvgIpc) is 2.70. The molecule has 0 unspecified atom stereocenters. The number of rotatable bonds is 6. The Labute approximate surface area is 157 Å². The van der Waals surface area contributed by atoms with Gasteiger partial charge in [-0.1, -0.05) is 18.2 Å². The van der Waals surface area contributed by atoms with Crippen LogP contribution in [0.25, 0.3) is 0 Å². The molecule has 0 aliphatic heterocycles. The van der Waals surface area contributed by atoms with Crippen LogP contribution in [0.3, 0.4) is 0 Å². The monoisotopic (exact) mass is 382 g/mol. The number of ether oxygens (including phenoxy) is 1. The number of carbonyl (C=O) groups excluding carboxylic acids is 1. The molecule has 1 amide bonds. The van der Waals surface area contributed by atoms with E-state index in [0.29, 0.717) is 18.0 Å². The molecule has 1 aromatic heterocycles. The van der Waals surface area contributed by atoms with E-state index in [0.717, 1.165) is 0 Å². The van der Waals surface area contributed by atoms with Gasteiger partial charge in [0, 0.05) is 11.9 Å². The molecule has 0 atom stereocenters. The van der Waals surface area contributed by atoms with Gasteiger partial charge in [-0.15, -0.1) is 0 Å². The first-order valence-electron chi connectivity index (χ1n) is 8.31. The van der Waals surface area contributed by atoms with Crippen LogP contribution < -0.4 is 10.1 Å². The highest BCUT2D eigenvalue weighted by Crippen LogP contribution is 2.19. The number of nitrogens with one attached hydrogen (secondary N) is 1. The Balaban J connectivity index is 1.74. The van der Waals surface area contributed by atoms with Crippen LogP contribution >= 0.6 is 0 Å². The van der Waals surface area contributed by atoms with Gasteiger partial charge in [-0.25, -0.2) is 13.4 Å². The lowest BCUT2D eigenvalue weighted by Gasteiger charge is -2.08. The fourth-order valence-corrected chi connectivity index (χ4v) is 3.59. The molecule has 0 saturated heterocycles. The number of aromatic nitrogens is 1. The highest BCUT2D eigenvalue weighted by molar-refractivity contribution is 7.91. The van der Waals surface area contributed by atoms with Crippen molar-refractivity contribution in [2.24, 2.45) is 0 Å². The fraction of sp³-hybridized carbons (Fsp3) is 0.100. The predicted octanol–water partition coefficient (Wildman–Crippen LogP) is 3.57. The maximum Gasteiger partial charge on any atom is 0.257 e. The van der Waals surface area contributed by atoms with Gasteiger partial charge in [-0.3, -0.25) is 4.79 Å². The number of hydrogen-bond acceptors (Lipinski definition) is 5. The summed E-state index contributed by atoms with van der Waals surface area (Å²) in [5.74, 6) is 0.336. The van der Waals surface area contributed by atoms with E-state index in [1.165, 1.54) is 30.5 Å². The number of carbonyl (C=O) groups is 1.